The van der Waals surface area contributed by atoms with Crippen LogP contribution in [0.2, 0.25) is 0 Å². The summed E-state index contributed by atoms with van der Waals surface area (Å²) < 4.78 is 6.66. The molecular formula is C14H21NO3. The van der Waals surface area contributed by atoms with Crippen LogP contribution in [0, 0.1) is 12.8 Å². The molecular weight excluding hydrogens is 230 g/mol. The van der Waals surface area contributed by atoms with Crippen LogP contribution in [0.5, 0.6) is 0 Å². The smallest absolute Gasteiger partial charge is 0.329 e. The molecule has 1 rings (SSSR count). The second-order valence-corrected chi connectivity index (χ2v) is 4.90. The van der Waals surface area contributed by atoms with Gasteiger partial charge < -0.3 is 9.30 Å². The lowest BCUT2D eigenvalue weighted by molar-refractivity contribution is -0.149. The number of aryl methyl sites for hydroxylation is 1. The van der Waals surface area contributed by atoms with E-state index in [1.165, 1.54) is 10.6 Å². The number of aromatic nitrogens is 1. The maximum atomic E-state index is 12.0. The van der Waals surface area contributed by atoms with Gasteiger partial charge >= 0.3 is 5.97 Å². The zero-order chi connectivity index (χ0) is 13.7. The third-order valence-corrected chi connectivity index (χ3v) is 2.64. The van der Waals surface area contributed by atoms with Gasteiger partial charge in [0.1, 0.15) is 6.04 Å². The standard InChI is InChI=1S/C14H21NO3/c1-5-12(14(17)18-9-10(2)3)15-8-11(4)6-7-13(15)16/h6-8,10,12H,5,9H2,1-4H3. The minimum atomic E-state index is -0.531. The van der Waals surface area contributed by atoms with E-state index in [2.05, 4.69) is 0 Å². The van der Waals surface area contributed by atoms with E-state index in [0.29, 0.717) is 18.9 Å². The Morgan fingerprint density at radius 3 is 2.61 bits per heavy atom. The highest BCUT2D eigenvalue weighted by molar-refractivity contribution is 5.74. The molecule has 1 heterocycles. The molecule has 0 aromatic carbocycles. The molecule has 0 fully saturated rings. The maximum Gasteiger partial charge on any atom is 0.329 e. The molecule has 1 unspecified atom stereocenters. The predicted octanol–water partition coefficient (Wildman–Crippen LogP) is 2.31. The number of pyridine rings is 1. The van der Waals surface area contributed by atoms with Crippen LogP contribution in [0.4, 0.5) is 0 Å². The molecule has 0 amide bonds. The molecule has 4 heteroatoms. The lowest BCUT2D eigenvalue weighted by Gasteiger charge is -2.18. The van der Waals surface area contributed by atoms with Crippen LogP contribution in [0.15, 0.2) is 23.1 Å². The normalized spacial score (nSPS) is 12.5. The van der Waals surface area contributed by atoms with Gasteiger partial charge in [-0.1, -0.05) is 26.8 Å². The molecule has 100 valence electrons. The molecule has 4 nitrogen and oxygen atoms in total. The van der Waals surface area contributed by atoms with E-state index < -0.39 is 6.04 Å². The van der Waals surface area contributed by atoms with Gasteiger partial charge in [0.15, 0.2) is 0 Å². The van der Waals surface area contributed by atoms with Crippen molar-refractivity contribution in [3.05, 3.63) is 34.2 Å². The van der Waals surface area contributed by atoms with E-state index in [-0.39, 0.29) is 11.5 Å². The predicted molar refractivity (Wildman–Crippen MR) is 70.6 cm³/mol. The number of esters is 1. The molecule has 0 saturated carbocycles. The number of hydrogen-bond donors (Lipinski definition) is 0. The van der Waals surface area contributed by atoms with Gasteiger partial charge in [0, 0.05) is 12.3 Å². The zero-order valence-corrected chi connectivity index (χ0v) is 11.5. The van der Waals surface area contributed by atoms with Gasteiger partial charge in [0.2, 0.25) is 0 Å². The van der Waals surface area contributed by atoms with Gasteiger partial charge in [0.25, 0.3) is 5.56 Å². The summed E-state index contributed by atoms with van der Waals surface area (Å²) in [4.78, 5) is 23.7. The fraction of sp³-hybridized carbons (Fsp3) is 0.571. The van der Waals surface area contributed by atoms with Crippen molar-refractivity contribution in [2.75, 3.05) is 6.61 Å². The first kappa shape index (κ1) is 14.5. The summed E-state index contributed by atoms with van der Waals surface area (Å²) in [5, 5.41) is 0. The summed E-state index contributed by atoms with van der Waals surface area (Å²) in [7, 11) is 0. The number of hydrogen-bond acceptors (Lipinski definition) is 3. The van der Waals surface area contributed by atoms with Crippen molar-refractivity contribution in [3.8, 4) is 0 Å². The summed E-state index contributed by atoms with van der Waals surface area (Å²) >= 11 is 0. The average molecular weight is 251 g/mol. The molecule has 1 aromatic heterocycles. The van der Waals surface area contributed by atoms with E-state index in [0.717, 1.165) is 5.56 Å². The van der Waals surface area contributed by atoms with Gasteiger partial charge in [-0.2, -0.15) is 0 Å². The van der Waals surface area contributed by atoms with Crippen molar-refractivity contribution in [1.82, 2.24) is 4.57 Å². The van der Waals surface area contributed by atoms with Gasteiger partial charge in [-0.25, -0.2) is 4.79 Å². The molecule has 0 N–H and O–H groups in total. The van der Waals surface area contributed by atoms with Crippen LogP contribution < -0.4 is 5.56 Å². The Labute approximate surface area is 108 Å². The van der Waals surface area contributed by atoms with Gasteiger partial charge in [-0.3, -0.25) is 4.79 Å². The Kier molecular flexibility index (Phi) is 5.13. The first-order valence-electron chi connectivity index (χ1n) is 6.31. The van der Waals surface area contributed by atoms with E-state index >= 15 is 0 Å². The molecule has 0 aliphatic heterocycles. The molecule has 0 radical (unpaired) electrons. The highest BCUT2D eigenvalue weighted by atomic mass is 16.5. The van der Waals surface area contributed by atoms with Gasteiger partial charge in [0.05, 0.1) is 6.61 Å². The summed E-state index contributed by atoms with van der Waals surface area (Å²) in [6, 6.07) is 2.69. The van der Waals surface area contributed by atoms with Crippen LogP contribution in [0.25, 0.3) is 0 Å². The number of carbonyl (C=O) groups is 1. The molecule has 1 aromatic rings. The highest BCUT2D eigenvalue weighted by Crippen LogP contribution is 2.12. The molecule has 0 aliphatic carbocycles. The van der Waals surface area contributed by atoms with Crippen molar-refractivity contribution in [1.29, 1.82) is 0 Å². The molecule has 0 bridgehead atoms. The second kappa shape index (κ2) is 6.38. The van der Waals surface area contributed by atoms with Crippen LogP contribution in [-0.2, 0) is 9.53 Å². The van der Waals surface area contributed by atoms with E-state index in [1.54, 1.807) is 12.3 Å². The number of carbonyl (C=O) groups excluding carboxylic acids is 1. The van der Waals surface area contributed by atoms with Gasteiger partial charge in [-0.15, -0.1) is 0 Å². The summed E-state index contributed by atoms with van der Waals surface area (Å²) in [6.07, 6.45) is 2.24. The van der Waals surface area contributed by atoms with Crippen LogP contribution in [0.1, 0.15) is 38.8 Å². The minimum absolute atomic E-state index is 0.172. The largest absolute Gasteiger partial charge is 0.464 e. The Morgan fingerprint density at radius 1 is 1.39 bits per heavy atom. The third-order valence-electron chi connectivity index (χ3n) is 2.64. The van der Waals surface area contributed by atoms with E-state index in [4.69, 9.17) is 4.74 Å². The van der Waals surface area contributed by atoms with Gasteiger partial charge in [-0.05, 0) is 24.8 Å². The van der Waals surface area contributed by atoms with Crippen molar-refractivity contribution < 1.29 is 9.53 Å². The first-order valence-corrected chi connectivity index (χ1v) is 6.31. The molecule has 0 aliphatic rings. The fourth-order valence-electron chi connectivity index (χ4n) is 1.68. The number of nitrogens with zero attached hydrogens (tertiary/aromatic N) is 1. The van der Waals surface area contributed by atoms with E-state index in [9.17, 15) is 9.59 Å². The molecule has 0 spiro atoms. The summed E-state index contributed by atoms with van der Waals surface area (Å²) in [5.74, 6) is -0.0420. The Balaban J connectivity index is 2.92. The van der Waals surface area contributed by atoms with Crippen LogP contribution >= 0.6 is 0 Å². The quantitative estimate of drug-likeness (QED) is 0.754. The molecule has 0 saturated heterocycles. The zero-order valence-electron chi connectivity index (χ0n) is 11.5. The number of ether oxygens (including phenoxy) is 1. The minimum Gasteiger partial charge on any atom is -0.464 e. The summed E-state index contributed by atoms with van der Waals surface area (Å²) in [6.45, 7) is 8.11. The average Bonchev–Trinajstić information content (AvgIpc) is 2.32. The van der Waals surface area contributed by atoms with Crippen molar-refractivity contribution in [3.63, 3.8) is 0 Å². The SMILES string of the molecule is CCC(C(=O)OCC(C)C)n1cc(C)ccc1=O. The van der Waals surface area contributed by atoms with Crippen LogP contribution in [0.3, 0.4) is 0 Å². The highest BCUT2D eigenvalue weighted by Gasteiger charge is 2.21. The first-order chi connectivity index (χ1) is 8.45. The Bertz CT molecular complexity index is 462. The molecule has 1 atom stereocenters. The summed E-state index contributed by atoms with van der Waals surface area (Å²) in [5.41, 5.74) is 0.777. The fourth-order valence-corrected chi connectivity index (χ4v) is 1.68. The lowest BCUT2D eigenvalue weighted by atomic mass is 10.2. The Morgan fingerprint density at radius 2 is 2.06 bits per heavy atom. The number of rotatable bonds is 5. The molecule has 18 heavy (non-hydrogen) atoms. The third kappa shape index (κ3) is 3.72. The van der Waals surface area contributed by atoms with Crippen molar-refractivity contribution in [2.45, 2.75) is 40.2 Å². The Hall–Kier alpha value is -1.58. The van der Waals surface area contributed by atoms with Crippen molar-refractivity contribution in [2.24, 2.45) is 5.92 Å². The van der Waals surface area contributed by atoms with Crippen molar-refractivity contribution >= 4 is 5.97 Å². The lowest BCUT2D eigenvalue weighted by Crippen LogP contribution is -2.30. The monoisotopic (exact) mass is 251 g/mol. The van der Waals surface area contributed by atoms with Crippen LogP contribution in [-0.4, -0.2) is 17.1 Å². The maximum absolute atomic E-state index is 12.0. The topological polar surface area (TPSA) is 48.3 Å². The van der Waals surface area contributed by atoms with E-state index in [1.807, 2.05) is 27.7 Å². The second-order valence-electron chi connectivity index (χ2n) is 4.90.